The van der Waals surface area contributed by atoms with Crippen LogP contribution in [0.5, 0.6) is 0 Å². The molecule has 1 nitrogen and oxygen atoms in total. The highest BCUT2D eigenvalue weighted by molar-refractivity contribution is 9.10. The van der Waals surface area contributed by atoms with Crippen molar-refractivity contribution in [1.29, 1.82) is 0 Å². The molecule has 1 aliphatic rings. The molecule has 1 aromatic rings. The Bertz CT molecular complexity index is 380. The molecule has 94 valence electrons. The van der Waals surface area contributed by atoms with Crippen molar-refractivity contribution in [2.75, 3.05) is 13.1 Å². The van der Waals surface area contributed by atoms with E-state index in [0.29, 0.717) is 0 Å². The summed E-state index contributed by atoms with van der Waals surface area (Å²) in [5.41, 5.74) is 1.18. The smallest absolute Gasteiger partial charge is 0.124 e. The van der Waals surface area contributed by atoms with Gasteiger partial charge in [-0.25, -0.2) is 4.39 Å². The SMILES string of the molecule is CCCC1CCN(Cc2ccc(F)cc2Br)C1. The normalized spacial score (nSPS) is 21.0. The first-order valence-electron chi connectivity index (χ1n) is 6.35. The lowest BCUT2D eigenvalue weighted by atomic mass is 10.0. The van der Waals surface area contributed by atoms with Crippen LogP contribution in [0.25, 0.3) is 0 Å². The fourth-order valence-electron chi connectivity index (χ4n) is 2.59. The van der Waals surface area contributed by atoms with Crippen LogP contribution in [0.4, 0.5) is 4.39 Å². The van der Waals surface area contributed by atoms with Gasteiger partial charge in [0.1, 0.15) is 5.82 Å². The molecule has 0 radical (unpaired) electrons. The van der Waals surface area contributed by atoms with E-state index in [-0.39, 0.29) is 5.82 Å². The van der Waals surface area contributed by atoms with Crippen LogP contribution in [-0.4, -0.2) is 18.0 Å². The van der Waals surface area contributed by atoms with Gasteiger partial charge in [0.05, 0.1) is 0 Å². The average molecular weight is 300 g/mol. The number of rotatable bonds is 4. The van der Waals surface area contributed by atoms with Gasteiger partial charge in [-0.2, -0.15) is 0 Å². The lowest BCUT2D eigenvalue weighted by molar-refractivity contribution is 0.312. The van der Waals surface area contributed by atoms with Gasteiger partial charge in [-0.05, 0) is 43.0 Å². The number of hydrogen-bond donors (Lipinski definition) is 0. The molecule has 0 aliphatic carbocycles. The first-order valence-corrected chi connectivity index (χ1v) is 7.14. The number of nitrogens with zero attached hydrogens (tertiary/aromatic N) is 1. The summed E-state index contributed by atoms with van der Waals surface area (Å²) in [7, 11) is 0. The quantitative estimate of drug-likeness (QED) is 0.805. The Hall–Kier alpha value is -0.410. The molecule has 2 rings (SSSR count). The molecule has 1 aliphatic heterocycles. The summed E-state index contributed by atoms with van der Waals surface area (Å²) in [6, 6.07) is 4.97. The molecule has 0 bridgehead atoms. The zero-order valence-electron chi connectivity index (χ0n) is 10.3. The van der Waals surface area contributed by atoms with Crippen LogP contribution in [0, 0.1) is 11.7 Å². The highest BCUT2D eigenvalue weighted by Gasteiger charge is 2.21. The fraction of sp³-hybridized carbons (Fsp3) is 0.571. The van der Waals surface area contributed by atoms with E-state index in [4.69, 9.17) is 0 Å². The Morgan fingerprint density at radius 1 is 1.47 bits per heavy atom. The monoisotopic (exact) mass is 299 g/mol. The van der Waals surface area contributed by atoms with Crippen molar-refractivity contribution >= 4 is 15.9 Å². The maximum atomic E-state index is 13.0. The highest BCUT2D eigenvalue weighted by Crippen LogP contribution is 2.25. The van der Waals surface area contributed by atoms with Crippen molar-refractivity contribution in [3.8, 4) is 0 Å². The topological polar surface area (TPSA) is 3.24 Å². The van der Waals surface area contributed by atoms with Crippen LogP contribution >= 0.6 is 15.9 Å². The van der Waals surface area contributed by atoms with E-state index in [2.05, 4.69) is 27.8 Å². The molecular weight excluding hydrogens is 281 g/mol. The minimum atomic E-state index is -0.175. The Labute approximate surface area is 111 Å². The molecule has 1 heterocycles. The number of hydrogen-bond acceptors (Lipinski definition) is 1. The van der Waals surface area contributed by atoms with E-state index in [9.17, 15) is 4.39 Å². The van der Waals surface area contributed by atoms with Gasteiger partial charge < -0.3 is 0 Å². The van der Waals surface area contributed by atoms with Crippen LogP contribution in [-0.2, 0) is 6.54 Å². The van der Waals surface area contributed by atoms with Crippen LogP contribution in [0.3, 0.4) is 0 Å². The fourth-order valence-corrected chi connectivity index (χ4v) is 3.07. The number of benzene rings is 1. The molecule has 17 heavy (non-hydrogen) atoms. The van der Waals surface area contributed by atoms with Crippen molar-refractivity contribution in [1.82, 2.24) is 4.90 Å². The maximum absolute atomic E-state index is 13.0. The van der Waals surface area contributed by atoms with Gasteiger partial charge in [-0.3, -0.25) is 4.90 Å². The maximum Gasteiger partial charge on any atom is 0.124 e. The molecule has 0 amide bonds. The zero-order valence-corrected chi connectivity index (χ0v) is 11.8. The summed E-state index contributed by atoms with van der Waals surface area (Å²) in [5.74, 6) is 0.685. The molecule has 0 spiro atoms. The molecular formula is C14H19BrFN. The van der Waals surface area contributed by atoms with Gasteiger partial charge in [0.2, 0.25) is 0 Å². The van der Waals surface area contributed by atoms with E-state index in [0.717, 1.165) is 16.9 Å². The largest absolute Gasteiger partial charge is 0.299 e. The van der Waals surface area contributed by atoms with Gasteiger partial charge in [0.25, 0.3) is 0 Å². The van der Waals surface area contributed by atoms with Crippen molar-refractivity contribution < 1.29 is 4.39 Å². The Balaban J connectivity index is 1.93. The van der Waals surface area contributed by atoms with Crippen LogP contribution < -0.4 is 0 Å². The third kappa shape index (κ3) is 3.52. The van der Waals surface area contributed by atoms with Gasteiger partial charge in [0, 0.05) is 17.6 Å². The average Bonchev–Trinajstić information content (AvgIpc) is 2.71. The van der Waals surface area contributed by atoms with Crippen molar-refractivity contribution in [2.45, 2.75) is 32.7 Å². The molecule has 1 fully saturated rings. The number of halogens is 2. The molecule has 0 aromatic heterocycles. The Kier molecular flexibility index (Phi) is 4.57. The summed E-state index contributed by atoms with van der Waals surface area (Å²) in [6.45, 7) is 5.55. The van der Waals surface area contributed by atoms with E-state index in [1.807, 2.05) is 6.07 Å². The number of likely N-dealkylation sites (tertiary alicyclic amines) is 1. The molecule has 0 N–H and O–H groups in total. The van der Waals surface area contributed by atoms with Crippen molar-refractivity contribution in [3.05, 3.63) is 34.1 Å². The predicted molar refractivity (Wildman–Crippen MR) is 72.4 cm³/mol. The minimum absolute atomic E-state index is 0.175. The molecule has 1 aromatic carbocycles. The summed E-state index contributed by atoms with van der Waals surface area (Å²) in [6.07, 6.45) is 3.92. The summed E-state index contributed by atoms with van der Waals surface area (Å²) < 4.78 is 13.9. The van der Waals surface area contributed by atoms with Crippen LogP contribution in [0.15, 0.2) is 22.7 Å². The van der Waals surface area contributed by atoms with Crippen LogP contribution in [0.2, 0.25) is 0 Å². The molecule has 0 saturated carbocycles. The molecule has 1 atom stereocenters. The summed E-state index contributed by atoms with van der Waals surface area (Å²) in [5, 5.41) is 0. The minimum Gasteiger partial charge on any atom is -0.299 e. The second-order valence-corrected chi connectivity index (χ2v) is 5.77. The van der Waals surface area contributed by atoms with Crippen molar-refractivity contribution in [3.63, 3.8) is 0 Å². The van der Waals surface area contributed by atoms with Gasteiger partial charge in [-0.1, -0.05) is 35.3 Å². The van der Waals surface area contributed by atoms with Crippen LogP contribution in [0.1, 0.15) is 31.7 Å². The first kappa shape index (κ1) is 13.0. The lowest BCUT2D eigenvalue weighted by Crippen LogP contribution is -2.20. The van der Waals surface area contributed by atoms with Gasteiger partial charge in [0.15, 0.2) is 0 Å². The summed E-state index contributed by atoms with van der Waals surface area (Å²) in [4.78, 5) is 2.47. The highest BCUT2D eigenvalue weighted by atomic mass is 79.9. The molecule has 1 unspecified atom stereocenters. The Morgan fingerprint density at radius 3 is 3.00 bits per heavy atom. The second-order valence-electron chi connectivity index (χ2n) is 4.91. The summed E-state index contributed by atoms with van der Waals surface area (Å²) >= 11 is 3.43. The van der Waals surface area contributed by atoms with E-state index in [1.54, 1.807) is 12.1 Å². The van der Waals surface area contributed by atoms with E-state index in [1.165, 1.54) is 37.9 Å². The van der Waals surface area contributed by atoms with Crippen molar-refractivity contribution in [2.24, 2.45) is 5.92 Å². The first-order chi connectivity index (χ1) is 8.19. The molecule has 3 heteroatoms. The zero-order chi connectivity index (χ0) is 12.3. The van der Waals surface area contributed by atoms with Gasteiger partial charge >= 0.3 is 0 Å². The van der Waals surface area contributed by atoms with Gasteiger partial charge in [-0.15, -0.1) is 0 Å². The predicted octanol–water partition coefficient (Wildman–Crippen LogP) is 4.21. The third-order valence-corrected chi connectivity index (χ3v) is 4.21. The Morgan fingerprint density at radius 2 is 2.29 bits per heavy atom. The van der Waals surface area contributed by atoms with E-state index < -0.39 is 0 Å². The molecule has 1 saturated heterocycles. The second kappa shape index (κ2) is 5.96. The third-order valence-electron chi connectivity index (χ3n) is 3.48. The van der Waals surface area contributed by atoms with E-state index >= 15 is 0 Å². The lowest BCUT2D eigenvalue weighted by Gasteiger charge is -2.17. The standard InChI is InChI=1S/C14H19BrFN/c1-2-3-11-6-7-17(9-11)10-12-4-5-13(16)8-14(12)15/h4-5,8,11H,2-3,6-7,9-10H2,1H3.